The van der Waals surface area contributed by atoms with Crippen LogP contribution in [-0.2, 0) is 10.8 Å². The van der Waals surface area contributed by atoms with Crippen LogP contribution in [0.15, 0.2) is 18.2 Å². The molecule has 0 radical (unpaired) electrons. The van der Waals surface area contributed by atoms with Crippen LogP contribution in [0.4, 0.5) is 5.82 Å². The van der Waals surface area contributed by atoms with Gasteiger partial charge in [0.15, 0.2) is 0 Å². The second-order valence-corrected chi connectivity index (χ2v) is 5.29. The van der Waals surface area contributed by atoms with Crippen molar-refractivity contribution in [3.8, 4) is 5.88 Å². The Balaban J connectivity index is 2.53. The third kappa shape index (κ3) is 4.18. The quantitative estimate of drug-likeness (QED) is 0.824. The maximum absolute atomic E-state index is 11.2. The summed E-state index contributed by atoms with van der Waals surface area (Å²) < 4.78 is 16.5. The predicted octanol–water partition coefficient (Wildman–Crippen LogP) is 1.66. The highest BCUT2D eigenvalue weighted by Crippen LogP contribution is 2.11. The lowest BCUT2D eigenvalue weighted by Crippen LogP contribution is -2.21. The molecule has 0 aliphatic carbocycles. The van der Waals surface area contributed by atoms with Crippen LogP contribution in [0.3, 0.4) is 0 Å². The molecule has 0 spiro atoms. The molecule has 0 aliphatic heterocycles. The van der Waals surface area contributed by atoms with Crippen LogP contribution in [0.25, 0.3) is 0 Å². The number of nitrogens with zero attached hydrogens (tertiary/aromatic N) is 1. The molecule has 0 amide bonds. The van der Waals surface area contributed by atoms with Crippen molar-refractivity contribution in [3.63, 3.8) is 0 Å². The van der Waals surface area contributed by atoms with Gasteiger partial charge in [0.1, 0.15) is 5.82 Å². The van der Waals surface area contributed by atoms with E-state index >= 15 is 0 Å². The van der Waals surface area contributed by atoms with Crippen molar-refractivity contribution < 1.29 is 8.95 Å². The standard InChI is InChI=1S/C11H18N2O2S/c1-4-15-11-7-5-6-10(13-11)12-8-9(2)16(3)14/h5-7,9H,4,8H2,1-3H3,(H,12,13). The van der Waals surface area contributed by atoms with Crippen LogP contribution < -0.4 is 10.1 Å². The molecule has 0 fully saturated rings. The van der Waals surface area contributed by atoms with Crippen LogP contribution in [0.1, 0.15) is 13.8 Å². The Hall–Kier alpha value is -1.10. The van der Waals surface area contributed by atoms with Crippen LogP contribution in [-0.4, -0.2) is 33.9 Å². The van der Waals surface area contributed by atoms with Crippen LogP contribution in [0, 0.1) is 0 Å². The Morgan fingerprint density at radius 3 is 2.94 bits per heavy atom. The van der Waals surface area contributed by atoms with Crippen LogP contribution in [0.5, 0.6) is 5.88 Å². The second kappa shape index (κ2) is 6.48. The van der Waals surface area contributed by atoms with Crippen molar-refractivity contribution >= 4 is 16.6 Å². The highest BCUT2D eigenvalue weighted by Gasteiger charge is 2.06. The lowest BCUT2D eigenvalue weighted by atomic mass is 10.4. The smallest absolute Gasteiger partial charge is 0.215 e. The average molecular weight is 242 g/mol. The van der Waals surface area contributed by atoms with E-state index in [0.29, 0.717) is 19.0 Å². The Morgan fingerprint density at radius 2 is 2.31 bits per heavy atom. The van der Waals surface area contributed by atoms with Gasteiger partial charge in [0.05, 0.1) is 6.61 Å². The summed E-state index contributed by atoms with van der Waals surface area (Å²) in [7, 11) is -0.814. The maximum atomic E-state index is 11.2. The summed E-state index contributed by atoms with van der Waals surface area (Å²) in [6.07, 6.45) is 1.70. The largest absolute Gasteiger partial charge is 0.478 e. The molecule has 90 valence electrons. The van der Waals surface area contributed by atoms with E-state index in [-0.39, 0.29) is 5.25 Å². The molecule has 0 saturated carbocycles. The Bertz CT molecular complexity index is 358. The molecule has 5 heteroatoms. The van der Waals surface area contributed by atoms with Gasteiger partial charge in [-0.3, -0.25) is 4.21 Å². The molecular formula is C11H18N2O2S. The highest BCUT2D eigenvalue weighted by atomic mass is 32.2. The highest BCUT2D eigenvalue weighted by molar-refractivity contribution is 7.84. The fourth-order valence-electron chi connectivity index (χ4n) is 1.11. The summed E-state index contributed by atoms with van der Waals surface area (Å²) in [5.74, 6) is 1.36. The molecule has 0 aliphatic rings. The van der Waals surface area contributed by atoms with E-state index in [4.69, 9.17) is 4.74 Å². The van der Waals surface area contributed by atoms with Gasteiger partial charge in [-0.25, -0.2) is 0 Å². The molecule has 1 N–H and O–H groups in total. The van der Waals surface area contributed by atoms with Gasteiger partial charge in [0.2, 0.25) is 5.88 Å². The molecule has 0 saturated heterocycles. The molecule has 2 unspecified atom stereocenters. The fraction of sp³-hybridized carbons (Fsp3) is 0.545. The first kappa shape index (κ1) is 13.0. The summed E-state index contributed by atoms with van der Waals surface area (Å²) in [6.45, 7) is 5.11. The third-order valence-corrected chi connectivity index (χ3v) is 3.45. The molecule has 1 aromatic heterocycles. The third-order valence-electron chi connectivity index (χ3n) is 2.15. The van der Waals surface area contributed by atoms with Crippen molar-refractivity contribution in [1.82, 2.24) is 4.98 Å². The zero-order chi connectivity index (χ0) is 12.0. The number of hydrogen-bond acceptors (Lipinski definition) is 4. The molecule has 1 heterocycles. The van der Waals surface area contributed by atoms with E-state index in [0.717, 1.165) is 5.82 Å². The maximum Gasteiger partial charge on any atom is 0.215 e. The van der Waals surface area contributed by atoms with Gasteiger partial charge in [0, 0.05) is 34.9 Å². The van der Waals surface area contributed by atoms with Gasteiger partial charge in [-0.2, -0.15) is 4.98 Å². The number of pyridine rings is 1. The molecule has 16 heavy (non-hydrogen) atoms. The number of hydrogen-bond donors (Lipinski definition) is 1. The molecule has 1 rings (SSSR count). The normalized spacial score (nSPS) is 14.2. The van der Waals surface area contributed by atoms with E-state index in [1.807, 2.05) is 32.0 Å². The lowest BCUT2D eigenvalue weighted by molar-refractivity contribution is 0.327. The summed E-state index contributed by atoms with van der Waals surface area (Å²) in [4.78, 5) is 4.26. The van der Waals surface area contributed by atoms with Crippen molar-refractivity contribution in [2.75, 3.05) is 24.7 Å². The Labute approximate surface area is 98.9 Å². The number of aromatic nitrogens is 1. The second-order valence-electron chi connectivity index (χ2n) is 3.48. The zero-order valence-corrected chi connectivity index (χ0v) is 10.7. The van der Waals surface area contributed by atoms with E-state index in [1.165, 1.54) is 0 Å². The number of ether oxygens (including phenoxy) is 1. The van der Waals surface area contributed by atoms with Gasteiger partial charge < -0.3 is 10.1 Å². The average Bonchev–Trinajstić information content (AvgIpc) is 2.26. The van der Waals surface area contributed by atoms with Crippen LogP contribution >= 0.6 is 0 Å². The minimum Gasteiger partial charge on any atom is -0.478 e. The minimum atomic E-state index is -0.814. The van der Waals surface area contributed by atoms with Gasteiger partial charge in [-0.05, 0) is 19.9 Å². The molecule has 0 bridgehead atoms. The summed E-state index contributed by atoms with van der Waals surface area (Å²) >= 11 is 0. The van der Waals surface area contributed by atoms with E-state index in [2.05, 4.69) is 10.3 Å². The monoisotopic (exact) mass is 242 g/mol. The first-order valence-corrected chi connectivity index (χ1v) is 6.91. The number of anilines is 1. The van der Waals surface area contributed by atoms with Gasteiger partial charge in [0.25, 0.3) is 0 Å². The van der Waals surface area contributed by atoms with Gasteiger partial charge in [-0.1, -0.05) is 6.07 Å². The molecule has 0 aromatic carbocycles. The Kier molecular flexibility index (Phi) is 5.25. The summed E-state index contributed by atoms with van der Waals surface area (Å²) in [5.41, 5.74) is 0. The minimum absolute atomic E-state index is 0.109. The molecule has 4 nitrogen and oxygen atoms in total. The molecule has 2 atom stereocenters. The van der Waals surface area contributed by atoms with Crippen molar-refractivity contribution in [2.24, 2.45) is 0 Å². The summed E-state index contributed by atoms with van der Waals surface area (Å²) in [6, 6.07) is 5.57. The fourth-order valence-corrected chi connectivity index (χ4v) is 1.43. The molecular weight excluding hydrogens is 224 g/mol. The van der Waals surface area contributed by atoms with E-state index in [9.17, 15) is 4.21 Å². The van der Waals surface area contributed by atoms with Gasteiger partial charge >= 0.3 is 0 Å². The van der Waals surface area contributed by atoms with E-state index < -0.39 is 10.8 Å². The van der Waals surface area contributed by atoms with Crippen molar-refractivity contribution in [1.29, 1.82) is 0 Å². The lowest BCUT2D eigenvalue weighted by Gasteiger charge is -2.11. The molecule has 1 aromatic rings. The predicted molar refractivity (Wildman–Crippen MR) is 67.4 cm³/mol. The zero-order valence-electron chi connectivity index (χ0n) is 9.90. The SMILES string of the molecule is CCOc1cccc(NCC(C)S(C)=O)n1. The topological polar surface area (TPSA) is 51.2 Å². The van der Waals surface area contributed by atoms with Gasteiger partial charge in [-0.15, -0.1) is 0 Å². The Morgan fingerprint density at radius 1 is 1.56 bits per heavy atom. The van der Waals surface area contributed by atoms with Crippen molar-refractivity contribution in [3.05, 3.63) is 18.2 Å². The van der Waals surface area contributed by atoms with Crippen molar-refractivity contribution in [2.45, 2.75) is 19.1 Å². The first-order valence-electron chi connectivity index (χ1n) is 5.29. The first-order chi connectivity index (χ1) is 7.63. The number of rotatable bonds is 6. The van der Waals surface area contributed by atoms with E-state index in [1.54, 1.807) is 6.26 Å². The summed E-state index contributed by atoms with van der Waals surface area (Å²) in [5, 5.41) is 3.25. The number of nitrogens with one attached hydrogen (secondary N) is 1. The van der Waals surface area contributed by atoms with Crippen LogP contribution in [0.2, 0.25) is 0 Å².